The van der Waals surface area contributed by atoms with E-state index in [1.165, 1.54) is 0 Å². The van der Waals surface area contributed by atoms with Gasteiger partial charge in [-0.05, 0) is 50.3 Å². The predicted octanol–water partition coefficient (Wildman–Crippen LogP) is 6.00. The lowest BCUT2D eigenvalue weighted by Crippen LogP contribution is -2.40. The Kier molecular flexibility index (Phi) is 7.13. The molecule has 5 rings (SSSR count). The number of amides is 1. The van der Waals surface area contributed by atoms with E-state index in [2.05, 4.69) is 16.8 Å². The van der Waals surface area contributed by atoms with Gasteiger partial charge in [0.1, 0.15) is 11.4 Å². The van der Waals surface area contributed by atoms with E-state index in [-0.39, 0.29) is 23.2 Å². The molecule has 1 aromatic heterocycles. The van der Waals surface area contributed by atoms with Gasteiger partial charge in [-0.2, -0.15) is 0 Å². The molecule has 8 nitrogen and oxygen atoms in total. The monoisotopic (exact) mass is 534 g/mol. The standard InChI is InChI=1S/C29H34N4O4S/c1-4-5-13-26-30-29(16-9-10-17-29)28(34)33(26)19-22-14-15-24(23-11-7-6-8-12-23)25(18-22)38(35,36)32-27-20(2)21(3)31-37-27/h6-8,11-12,14-15,18,32H,4-5,9-10,13,16-17,19H2,1-3H3. The summed E-state index contributed by atoms with van der Waals surface area (Å²) in [7, 11) is -4.04. The number of anilines is 1. The van der Waals surface area contributed by atoms with E-state index in [0.29, 0.717) is 16.8 Å². The quantitative estimate of drug-likeness (QED) is 0.362. The van der Waals surface area contributed by atoms with Crippen LogP contribution in [0.3, 0.4) is 0 Å². The zero-order chi connectivity index (χ0) is 26.9. The van der Waals surface area contributed by atoms with Crippen molar-refractivity contribution in [1.82, 2.24) is 10.1 Å². The highest BCUT2D eigenvalue weighted by Crippen LogP contribution is 2.40. The van der Waals surface area contributed by atoms with E-state index in [0.717, 1.165) is 61.9 Å². The third kappa shape index (κ3) is 4.87. The molecule has 1 fully saturated rings. The molecule has 2 heterocycles. The maximum Gasteiger partial charge on any atom is 0.264 e. The molecule has 0 bridgehead atoms. The molecule has 9 heteroatoms. The van der Waals surface area contributed by atoms with Crippen molar-refractivity contribution in [1.29, 1.82) is 0 Å². The Morgan fingerprint density at radius 2 is 1.82 bits per heavy atom. The molecule has 2 aliphatic rings. The fraction of sp³-hybridized carbons (Fsp3) is 0.414. The molecule has 0 radical (unpaired) electrons. The fourth-order valence-corrected chi connectivity index (χ4v) is 6.64. The first-order chi connectivity index (χ1) is 18.2. The Labute approximate surface area is 224 Å². The molecule has 3 aromatic rings. The third-order valence-corrected chi connectivity index (χ3v) is 9.00. The first kappa shape index (κ1) is 26.2. The van der Waals surface area contributed by atoms with Crippen LogP contribution < -0.4 is 4.72 Å². The summed E-state index contributed by atoms with van der Waals surface area (Å²) in [6, 6.07) is 14.8. The van der Waals surface area contributed by atoms with Gasteiger partial charge in [0.15, 0.2) is 0 Å². The van der Waals surface area contributed by atoms with Crippen LogP contribution >= 0.6 is 0 Å². The van der Waals surface area contributed by atoms with Crippen LogP contribution in [0.15, 0.2) is 62.9 Å². The van der Waals surface area contributed by atoms with E-state index in [4.69, 9.17) is 9.52 Å². The molecule has 1 aliphatic heterocycles. The second-order valence-corrected chi connectivity index (χ2v) is 11.9. The van der Waals surface area contributed by atoms with Crippen molar-refractivity contribution in [3.63, 3.8) is 0 Å². The molecule has 1 saturated carbocycles. The number of carbonyl (C=O) groups excluding carboxylic acids is 1. The number of carbonyl (C=O) groups is 1. The number of aryl methyl sites for hydroxylation is 1. The number of nitrogens with one attached hydrogen (secondary N) is 1. The number of unbranched alkanes of at least 4 members (excludes halogenated alkanes) is 1. The second-order valence-electron chi connectivity index (χ2n) is 10.3. The lowest BCUT2D eigenvalue weighted by Gasteiger charge is -2.23. The topological polar surface area (TPSA) is 105 Å². The van der Waals surface area contributed by atoms with E-state index in [9.17, 15) is 13.2 Å². The number of amidine groups is 1. The van der Waals surface area contributed by atoms with Gasteiger partial charge < -0.3 is 4.52 Å². The summed E-state index contributed by atoms with van der Waals surface area (Å²) in [5, 5.41) is 3.88. The molecule has 0 atom stereocenters. The average Bonchev–Trinajstić information content (AvgIpc) is 3.59. The molecule has 38 heavy (non-hydrogen) atoms. The van der Waals surface area contributed by atoms with Gasteiger partial charge in [0, 0.05) is 17.5 Å². The fourth-order valence-electron chi connectivity index (χ4n) is 5.31. The maximum absolute atomic E-state index is 13.7. The zero-order valence-corrected chi connectivity index (χ0v) is 23.0. The molecule has 0 saturated heterocycles. The van der Waals surface area contributed by atoms with Crippen molar-refractivity contribution < 1.29 is 17.7 Å². The number of aliphatic imine (C=N–C) groups is 1. The number of hydrogen-bond donors (Lipinski definition) is 1. The van der Waals surface area contributed by atoms with Gasteiger partial charge in [0.05, 0.1) is 17.1 Å². The minimum atomic E-state index is -4.04. The normalized spacial score (nSPS) is 16.9. The van der Waals surface area contributed by atoms with Gasteiger partial charge >= 0.3 is 0 Å². The van der Waals surface area contributed by atoms with Crippen LogP contribution in [0.5, 0.6) is 0 Å². The van der Waals surface area contributed by atoms with Crippen LogP contribution in [0, 0.1) is 13.8 Å². The van der Waals surface area contributed by atoms with E-state index in [1.807, 2.05) is 42.5 Å². The number of aromatic nitrogens is 1. The van der Waals surface area contributed by atoms with E-state index < -0.39 is 15.6 Å². The molecular weight excluding hydrogens is 500 g/mol. The van der Waals surface area contributed by atoms with Crippen LogP contribution in [0.2, 0.25) is 0 Å². The Morgan fingerprint density at radius 3 is 2.47 bits per heavy atom. The van der Waals surface area contributed by atoms with Crippen molar-refractivity contribution in [2.45, 2.75) is 82.7 Å². The highest BCUT2D eigenvalue weighted by molar-refractivity contribution is 7.92. The average molecular weight is 535 g/mol. The summed E-state index contributed by atoms with van der Waals surface area (Å²) in [5.74, 6) is 0.962. The first-order valence-corrected chi connectivity index (χ1v) is 14.8. The summed E-state index contributed by atoms with van der Waals surface area (Å²) in [6.07, 6.45) is 6.27. The number of sulfonamides is 1. The Morgan fingerprint density at radius 1 is 1.08 bits per heavy atom. The van der Waals surface area contributed by atoms with Crippen molar-refractivity contribution in [3.8, 4) is 11.1 Å². The molecule has 2 aromatic carbocycles. The number of nitrogens with zero attached hydrogens (tertiary/aromatic N) is 3. The van der Waals surface area contributed by atoms with Gasteiger partial charge in [-0.25, -0.2) is 13.1 Å². The summed E-state index contributed by atoms with van der Waals surface area (Å²) in [6.45, 7) is 5.92. The number of rotatable bonds is 9. The Balaban J connectivity index is 1.53. The van der Waals surface area contributed by atoms with Crippen LogP contribution in [-0.2, 0) is 21.4 Å². The lowest BCUT2D eigenvalue weighted by molar-refractivity contribution is -0.131. The Bertz CT molecular complexity index is 1470. The van der Waals surface area contributed by atoms with Crippen molar-refractivity contribution >= 4 is 27.7 Å². The zero-order valence-electron chi connectivity index (χ0n) is 22.2. The second kappa shape index (κ2) is 10.4. The van der Waals surface area contributed by atoms with Gasteiger partial charge in [0.2, 0.25) is 5.88 Å². The SMILES string of the molecule is CCCCC1=NC2(CCCC2)C(=O)N1Cc1ccc(-c2ccccc2)c(S(=O)(=O)Nc2onc(C)c2C)c1. The van der Waals surface area contributed by atoms with Crippen LogP contribution in [-0.4, -0.2) is 35.8 Å². The summed E-state index contributed by atoms with van der Waals surface area (Å²) >= 11 is 0. The predicted molar refractivity (Wildman–Crippen MR) is 147 cm³/mol. The van der Waals surface area contributed by atoms with Gasteiger partial charge in [-0.1, -0.05) is 73.8 Å². The highest BCUT2D eigenvalue weighted by atomic mass is 32.2. The van der Waals surface area contributed by atoms with Gasteiger partial charge in [0.25, 0.3) is 15.9 Å². The van der Waals surface area contributed by atoms with Crippen LogP contribution in [0.1, 0.15) is 68.7 Å². The molecule has 1 amide bonds. The molecular formula is C29H34N4O4S. The molecule has 200 valence electrons. The highest BCUT2D eigenvalue weighted by Gasteiger charge is 2.49. The molecule has 0 unspecified atom stereocenters. The summed E-state index contributed by atoms with van der Waals surface area (Å²) in [5.41, 5.74) is 2.68. The smallest absolute Gasteiger partial charge is 0.264 e. The van der Waals surface area contributed by atoms with Gasteiger partial charge in [-0.15, -0.1) is 0 Å². The summed E-state index contributed by atoms with van der Waals surface area (Å²) in [4.78, 5) is 20.5. The largest absolute Gasteiger partial charge is 0.337 e. The summed E-state index contributed by atoms with van der Waals surface area (Å²) < 4.78 is 35.3. The van der Waals surface area contributed by atoms with Crippen molar-refractivity contribution in [2.24, 2.45) is 4.99 Å². The molecule has 1 spiro atoms. The van der Waals surface area contributed by atoms with E-state index in [1.54, 1.807) is 24.8 Å². The van der Waals surface area contributed by atoms with Gasteiger partial charge in [-0.3, -0.25) is 14.7 Å². The van der Waals surface area contributed by atoms with Crippen molar-refractivity contribution in [2.75, 3.05) is 4.72 Å². The maximum atomic E-state index is 13.7. The number of benzene rings is 2. The van der Waals surface area contributed by atoms with Crippen LogP contribution in [0.25, 0.3) is 11.1 Å². The molecule has 1 aliphatic carbocycles. The van der Waals surface area contributed by atoms with Crippen molar-refractivity contribution in [3.05, 3.63) is 65.4 Å². The number of hydrogen-bond acceptors (Lipinski definition) is 6. The molecule has 1 N–H and O–H groups in total. The first-order valence-electron chi connectivity index (χ1n) is 13.3. The minimum Gasteiger partial charge on any atom is -0.337 e. The van der Waals surface area contributed by atoms with E-state index >= 15 is 0 Å². The minimum absolute atomic E-state index is 0.0449. The Hall–Kier alpha value is -3.46. The third-order valence-electron chi connectivity index (χ3n) is 7.63. The lowest BCUT2D eigenvalue weighted by atomic mass is 9.98. The van der Waals surface area contributed by atoms with Crippen LogP contribution in [0.4, 0.5) is 5.88 Å².